The highest BCUT2D eigenvalue weighted by atomic mass is 32.2. The number of thiazole rings is 1. The molecule has 21 heteroatoms. The molecule has 74 heavy (non-hydrogen) atoms. The van der Waals surface area contributed by atoms with Crippen molar-refractivity contribution in [1.29, 1.82) is 0 Å². The Morgan fingerprint density at radius 3 is 2.28 bits per heavy atom. The summed E-state index contributed by atoms with van der Waals surface area (Å²) in [6, 6.07) is 25.0. The third-order valence-corrected chi connectivity index (χ3v) is 14.8. The lowest BCUT2D eigenvalue weighted by Crippen LogP contribution is -2.58. The van der Waals surface area contributed by atoms with E-state index in [0.717, 1.165) is 88.8 Å². The number of ether oxygens (including phenoxy) is 2. The van der Waals surface area contributed by atoms with Crippen LogP contribution in [0.4, 0.5) is 23.0 Å². The van der Waals surface area contributed by atoms with Gasteiger partial charge in [0.1, 0.15) is 12.1 Å². The molecule has 19 nitrogen and oxygen atoms in total. The van der Waals surface area contributed by atoms with Crippen LogP contribution in [0.25, 0.3) is 27.2 Å². The van der Waals surface area contributed by atoms with E-state index >= 15 is 0 Å². The van der Waals surface area contributed by atoms with Crippen LogP contribution >= 0.6 is 11.3 Å². The molecule has 5 N–H and O–H groups in total. The Balaban J connectivity index is 0.713. The lowest BCUT2D eigenvalue weighted by molar-refractivity contribution is -0.144. The fraction of sp³-hybridized carbons (Fsp3) is 0.434. The highest BCUT2D eigenvalue weighted by Gasteiger charge is 2.44. The fourth-order valence-electron chi connectivity index (χ4n) is 9.18. The molecule has 0 bridgehead atoms. The molecule has 3 aromatic carbocycles. The number of nitrogens with zero attached hydrogens (tertiary/aromatic N) is 7. The SMILES string of the molecule is Cc1ncsc1-c1ccc([C@H](C)NC(=O)[C@@H]2C[C@@H](O)CN2C(=O)[C@@H](NC(=O)CCOCCOCCN2CCN(c3ccc(Nc4ncc5ccc(-c6cccc(NS(C)(=O)=O)c6)n5n4)cc3)CC2)C(C)(C)C)cc1. The predicted octanol–water partition coefficient (Wildman–Crippen LogP) is 5.86. The summed E-state index contributed by atoms with van der Waals surface area (Å²) in [4.78, 5) is 57.0. The molecular formula is C53H67N11O8S2. The van der Waals surface area contributed by atoms with Gasteiger partial charge in [-0.1, -0.05) is 57.2 Å². The summed E-state index contributed by atoms with van der Waals surface area (Å²) in [5.74, 6) is -0.700. The minimum Gasteiger partial charge on any atom is -0.391 e. The van der Waals surface area contributed by atoms with Crippen LogP contribution in [0.3, 0.4) is 0 Å². The van der Waals surface area contributed by atoms with Crippen molar-refractivity contribution in [3.05, 3.63) is 108 Å². The van der Waals surface area contributed by atoms with E-state index in [2.05, 4.69) is 52.6 Å². The largest absolute Gasteiger partial charge is 0.391 e. The number of piperazine rings is 1. The highest BCUT2D eigenvalue weighted by Crippen LogP contribution is 2.31. The number of likely N-dealkylation sites (tertiary alicyclic amines) is 1. The summed E-state index contributed by atoms with van der Waals surface area (Å²) in [5.41, 5.74) is 8.89. The van der Waals surface area contributed by atoms with E-state index < -0.39 is 39.5 Å². The molecule has 3 aromatic heterocycles. The molecule has 0 radical (unpaired) electrons. The fourth-order valence-corrected chi connectivity index (χ4v) is 10.5. The monoisotopic (exact) mass is 1050 g/mol. The van der Waals surface area contributed by atoms with E-state index in [-0.39, 0.29) is 43.8 Å². The maximum atomic E-state index is 14.1. The average Bonchev–Trinajstić information content (AvgIpc) is 4.11. The molecule has 2 aliphatic rings. The Labute approximate surface area is 436 Å². The molecule has 2 fully saturated rings. The zero-order valence-electron chi connectivity index (χ0n) is 42.8. The number of hydrogen-bond acceptors (Lipinski definition) is 15. The van der Waals surface area contributed by atoms with Gasteiger partial charge in [-0.15, -0.1) is 16.4 Å². The molecule has 8 rings (SSSR count). The number of β-amino-alcohol motifs (C(OH)–C–C–N with tert-alkyl or cyclic N) is 1. The third kappa shape index (κ3) is 14.0. The molecule has 2 aliphatic heterocycles. The number of benzene rings is 3. The van der Waals surface area contributed by atoms with E-state index in [4.69, 9.17) is 14.6 Å². The van der Waals surface area contributed by atoms with Crippen molar-refractivity contribution in [1.82, 2.24) is 40.0 Å². The van der Waals surface area contributed by atoms with Crippen molar-refractivity contribution in [2.45, 2.75) is 71.7 Å². The molecule has 0 spiro atoms. The standard InChI is InChI=1S/C53H67N11O8S2/c1-35(37-10-12-38(13-11-37)48-36(2)55-34-73-48)56-50(67)46-31-44(65)33-63(46)51(68)49(53(3,4)5)58-47(66)20-26-71-28-29-72-27-25-61-21-23-62(24-22-61)42-16-14-40(15-17-42)57-52-54-32-43-18-19-45(64(43)59-52)39-8-7-9-41(30-39)60-74(6,69)70/h7-19,30,32,34-35,44,46,49,60,65H,20-29,31,33H2,1-6H3,(H,56,67)(H,57,59)(H,58,66)/t35-,44+,46-,49+/m0/s1. The van der Waals surface area contributed by atoms with Crippen LogP contribution in [-0.2, 0) is 33.9 Å². The van der Waals surface area contributed by atoms with Crippen LogP contribution in [0.5, 0.6) is 0 Å². The molecule has 0 saturated carbocycles. The Bertz CT molecular complexity index is 2990. The van der Waals surface area contributed by atoms with Gasteiger partial charge in [-0.05, 0) is 78.9 Å². The van der Waals surface area contributed by atoms with Crippen molar-refractivity contribution in [3.63, 3.8) is 0 Å². The Morgan fingerprint density at radius 1 is 0.865 bits per heavy atom. The van der Waals surface area contributed by atoms with Crippen LogP contribution in [0.15, 0.2) is 96.6 Å². The molecule has 2 saturated heterocycles. The van der Waals surface area contributed by atoms with Gasteiger partial charge >= 0.3 is 0 Å². The number of sulfonamides is 1. The topological polar surface area (TPSA) is 225 Å². The van der Waals surface area contributed by atoms with Gasteiger partial charge in [-0.2, -0.15) is 0 Å². The Kier molecular flexibility index (Phi) is 17.3. The van der Waals surface area contributed by atoms with Crippen molar-refractivity contribution in [3.8, 4) is 21.7 Å². The lowest BCUT2D eigenvalue weighted by atomic mass is 9.85. The normalized spacial score (nSPS) is 17.3. The smallest absolute Gasteiger partial charge is 0.246 e. The number of hydrogen-bond donors (Lipinski definition) is 5. The van der Waals surface area contributed by atoms with Crippen molar-refractivity contribution in [2.75, 3.05) is 86.9 Å². The maximum Gasteiger partial charge on any atom is 0.246 e. The maximum absolute atomic E-state index is 14.1. The Morgan fingerprint density at radius 2 is 1.59 bits per heavy atom. The third-order valence-electron chi connectivity index (χ3n) is 13.2. The van der Waals surface area contributed by atoms with Crippen molar-refractivity contribution < 1.29 is 37.4 Å². The number of aromatic nitrogens is 4. The summed E-state index contributed by atoms with van der Waals surface area (Å²) in [7, 11) is -3.42. The average molecular weight is 1050 g/mol. The second kappa shape index (κ2) is 23.8. The minimum absolute atomic E-state index is 0.00569. The van der Waals surface area contributed by atoms with Gasteiger partial charge in [0.15, 0.2) is 0 Å². The number of carbonyl (C=O) groups excluding carboxylic acids is 3. The molecule has 5 heterocycles. The van der Waals surface area contributed by atoms with Gasteiger partial charge in [0.2, 0.25) is 33.7 Å². The van der Waals surface area contributed by atoms with Gasteiger partial charge in [0.25, 0.3) is 0 Å². The molecule has 0 unspecified atom stereocenters. The Hall–Kier alpha value is -6.49. The summed E-state index contributed by atoms with van der Waals surface area (Å²) < 4.78 is 39.5. The van der Waals surface area contributed by atoms with Gasteiger partial charge in [-0.25, -0.2) is 22.9 Å². The summed E-state index contributed by atoms with van der Waals surface area (Å²) in [6.45, 7) is 15.1. The second-order valence-corrected chi connectivity index (χ2v) is 22.6. The van der Waals surface area contributed by atoms with Crippen LogP contribution < -0.4 is 25.6 Å². The van der Waals surface area contributed by atoms with E-state index in [1.807, 2.05) is 94.7 Å². The molecule has 0 aliphatic carbocycles. The molecule has 3 amide bonds. The van der Waals surface area contributed by atoms with E-state index in [9.17, 15) is 27.9 Å². The first-order chi connectivity index (χ1) is 35.4. The van der Waals surface area contributed by atoms with E-state index in [1.165, 1.54) is 4.90 Å². The minimum atomic E-state index is -3.42. The van der Waals surface area contributed by atoms with Crippen molar-refractivity contribution >= 4 is 67.6 Å². The van der Waals surface area contributed by atoms with E-state index in [1.54, 1.807) is 40.2 Å². The first-order valence-electron chi connectivity index (χ1n) is 24.9. The van der Waals surface area contributed by atoms with Crippen LogP contribution in [0, 0.1) is 12.3 Å². The van der Waals surface area contributed by atoms with Crippen molar-refractivity contribution in [2.24, 2.45) is 5.41 Å². The summed E-state index contributed by atoms with van der Waals surface area (Å²) >= 11 is 1.58. The zero-order chi connectivity index (χ0) is 52.6. The second-order valence-electron chi connectivity index (χ2n) is 19.9. The zero-order valence-corrected chi connectivity index (χ0v) is 44.4. The number of nitrogens with one attached hydrogen (secondary N) is 4. The number of carbonyl (C=O) groups is 3. The summed E-state index contributed by atoms with van der Waals surface area (Å²) in [5, 5.41) is 24.6. The van der Waals surface area contributed by atoms with Crippen LogP contribution in [0.1, 0.15) is 57.8 Å². The number of aliphatic hydroxyl groups excluding tert-OH is 1. The van der Waals surface area contributed by atoms with E-state index in [0.29, 0.717) is 31.5 Å². The molecule has 6 aromatic rings. The summed E-state index contributed by atoms with van der Waals surface area (Å²) in [6.07, 6.45) is 2.14. The number of aliphatic hydroxyl groups is 1. The lowest BCUT2D eigenvalue weighted by Gasteiger charge is -2.36. The van der Waals surface area contributed by atoms with Gasteiger partial charge in [0, 0.05) is 74.7 Å². The first kappa shape index (κ1) is 53.8. The molecular weight excluding hydrogens is 983 g/mol. The van der Waals surface area contributed by atoms with Gasteiger partial charge < -0.3 is 40.3 Å². The number of amides is 3. The number of anilines is 4. The molecule has 4 atom stereocenters. The first-order valence-corrected chi connectivity index (χ1v) is 27.7. The van der Waals surface area contributed by atoms with Gasteiger partial charge in [-0.3, -0.25) is 24.0 Å². The van der Waals surface area contributed by atoms with Crippen LogP contribution in [-0.4, -0.2) is 151 Å². The number of rotatable bonds is 21. The number of aryl methyl sites for hydroxylation is 1. The molecule has 394 valence electrons. The number of fused-ring (bicyclic) bond motifs is 1. The highest BCUT2D eigenvalue weighted by molar-refractivity contribution is 7.92. The van der Waals surface area contributed by atoms with Gasteiger partial charge in [0.05, 0.1) is 78.3 Å². The van der Waals surface area contributed by atoms with Crippen LogP contribution in [0.2, 0.25) is 0 Å². The quantitative estimate of drug-likeness (QED) is 0.0533. The predicted molar refractivity (Wildman–Crippen MR) is 288 cm³/mol.